The van der Waals surface area contributed by atoms with Crippen molar-refractivity contribution in [1.29, 1.82) is 0 Å². The molecule has 1 aromatic carbocycles. The van der Waals surface area contributed by atoms with E-state index in [4.69, 9.17) is 4.74 Å². The van der Waals surface area contributed by atoms with Crippen LogP contribution in [-0.2, 0) is 0 Å². The van der Waals surface area contributed by atoms with E-state index >= 15 is 0 Å². The molecule has 0 aromatic heterocycles. The Bertz CT molecular complexity index is 326. The van der Waals surface area contributed by atoms with Crippen LogP contribution < -0.4 is 10.1 Å². The molecule has 15 heavy (non-hydrogen) atoms. The Balaban J connectivity index is 0.00000112. The predicted molar refractivity (Wildman–Crippen MR) is 67.9 cm³/mol. The van der Waals surface area contributed by atoms with Crippen LogP contribution >= 0.6 is 28.3 Å². The van der Waals surface area contributed by atoms with Crippen LogP contribution in [0.3, 0.4) is 0 Å². The average Bonchev–Trinajstić information content (AvgIpc) is 2.71. The lowest BCUT2D eigenvalue weighted by Gasteiger charge is -2.13. The summed E-state index contributed by atoms with van der Waals surface area (Å²) in [6.07, 6.45) is 2.47. The normalized spacial score (nSPS) is 19.7. The van der Waals surface area contributed by atoms with E-state index in [1.54, 1.807) is 7.11 Å². The summed E-state index contributed by atoms with van der Waals surface area (Å²) in [7, 11) is 1.70. The summed E-state index contributed by atoms with van der Waals surface area (Å²) in [5, 5.41) is 3.48. The molecule has 84 valence electrons. The Morgan fingerprint density at radius 1 is 1.47 bits per heavy atom. The molecule has 0 aliphatic carbocycles. The first kappa shape index (κ1) is 12.8. The van der Waals surface area contributed by atoms with Crippen molar-refractivity contribution in [3.05, 3.63) is 28.2 Å². The summed E-state index contributed by atoms with van der Waals surface area (Å²) in [4.78, 5) is 0. The lowest BCUT2D eigenvalue weighted by atomic mass is 10.1. The van der Waals surface area contributed by atoms with Gasteiger partial charge in [0, 0.05) is 10.5 Å². The molecule has 0 unspecified atom stereocenters. The summed E-state index contributed by atoms with van der Waals surface area (Å²) < 4.78 is 6.39. The molecule has 1 saturated heterocycles. The molecule has 1 N–H and O–H groups in total. The summed E-state index contributed by atoms with van der Waals surface area (Å²) >= 11 is 3.57. The Morgan fingerprint density at radius 2 is 2.27 bits per heavy atom. The van der Waals surface area contributed by atoms with E-state index in [9.17, 15) is 0 Å². The zero-order valence-electron chi connectivity index (χ0n) is 8.63. The van der Waals surface area contributed by atoms with E-state index in [1.165, 1.54) is 18.4 Å². The van der Waals surface area contributed by atoms with Gasteiger partial charge in [-0.25, -0.2) is 0 Å². The second-order valence-electron chi connectivity index (χ2n) is 3.54. The molecule has 1 aromatic rings. The molecule has 2 rings (SSSR count). The molecule has 2 nitrogen and oxygen atoms in total. The highest BCUT2D eigenvalue weighted by Gasteiger charge is 2.18. The maximum atomic E-state index is 5.22. The minimum atomic E-state index is 0. The molecule has 0 bridgehead atoms. The topological polar surface area (TPSA) is 21.3 Å². The molecule has 1 fully saturated rings. The lowest BCUT2D eigenvalue weighted by Crippen LogP contribution is -2.13. The van der Waals surface area contributed by atoms with Gasteiger partial charge in [-0.3, -0.25) is 0 Å². The van der Waals surface area contributed by atoms with Gasteiger partial charge in [-0.2, -0.15) is 0 Å². The van der Waals surface area contributed by atoms with Gasteiger partial charge in [-0.1, -0.05) is 15.9 Å². The van der Waals surface area contributed by atoms with Crippen molar-refractivity contribution in [1.82, 2.24) is 5.32 Å². The number of benzene rings is 1. The quantitative estimate of drug-likeness (QED) is 0.903. The Kier molecular flexibility index (Phi) is 4.90. The van der Waals surface area contributed by atoms with Crippen molar-refractivity contribution < 1.29 is 4.74 Å². The van der Waals surface area contributed by atoms with E-state index in [1.807, 2.05) is 12.1 Å². The van der Waals surface area contributed by atoms with Gasteiger partial charge in [-0.05, 0) is 43.1 Å². The molecule has 0 radical (unpaired) electrons. The maximum absolute atomic E-state index is 5.22. The van der Waals surface area contributed by atoms with Crippen molar-refractivity contribution in [2.45, 2.75) is 18.9 Å². The fraction of sp³-hybridized carbons (Fsp3) is 0.455. The van der Waals surface area contributed by atoms with E-state index in [-0.39, 0.29) is 12.4 Å². The first-order valence-electron chi connectivity index (χ1n) is 4.88. The zero-order chi connectivity index (χ0) is 9.97. The summed E-state index contributed by atoms with van der Waals surface area (Å²) in [5.41, 5.74) is 1.31. The minimum absolute atomic E-state index is 0. The number of ether oxygens (including phenoxy) is 1. The molecule has 0 spiro atoms. The van der Waals surface area contributed by atoms with E-state index in [0.717, 1.165) is 16.8 Å². The second-order valence-corrected chi connectivity index (χ2v) is 4.39. The predicted octanol–water partition coefficient (Wildman–Crippen LogP) is 3.30. The molecule has 1 aliphatic heterocycles. The van der Waals surface area contributed by atoms with Crippen molar-refractivity contribution >= 4 is 28.3 Å². The van der Waals surface area contributed by atoms with Crippen molar-refractivity contribution in [3.63, 3.8) is 0 Å². The fourth-order valence-electron chi connectivity index (χ4n) is 1.87. The van der Waals surface area contributed by atoms with E-state index in [0.29, 0.717) is 6.04 Å². The molecule has 1 heterocycles. The molecule has 4 heteroatoms. The molecular formula is C11H15BrClNO. The van der Waals surface area contributed by atoms with Gasteiger partial charge in [0.15, 0.2) is 0 Å². The van der Waals surface area contributed by atoms with E-state index < -0.39 is 0 Å². The Morgan fingerprint density at radius 3 is 2.87 bits per heavy atom. The number of halogens is 2. The van der Waals surface area contributed by atoms with Crippen LogP contribution in [-0.4, -0.2) is 13.7 Å². The zero-order valence-corrected chi connectivity index (χ0v) is 11.0. The highest BCUT2D eigenvalue weighted by molar-refractivity contribution is 9.10. The van der Waals surface area contributed by atoms with Crippen molar-refractivity contribution in [2.75, 3.05) is 13.7 Å². The summed E-state index contributed by atoms with van der Waals surface area (Å²) in [6, 6.07) is 6.61. The van der Waals surface area contributed by atoms with Crippen molar-refractivity contribution in [3.8, 4) is 5.75 Å². The molecule has 1 aliphatic rings. The second kappa shape index (κ2) is 5.73. The van der Waals surface area contributed by atoms with Crippen LogP contribution in [0, 0.1) is 0 Å². The first-order chi connectivity index (χ1) is 6.81. The molecule has 0 amide bonds. The lowest BCUT2D eigenvalue weighted by molar-refractivity contribution is 0.413. The van der Waals surface area contributed by atoms with Crippen LogP contribution in [0.5, 0.6) is 5.75 Å². The van der Waals surface area contributed by atoms with Gasteiger partial charge in [-0.15, -0.1) is 12.4 Å². The van der Waals surface area contributed by atoms with Gasteiger partial charge >= 0.3 is 0 Å². The van der Waals surface area contributed by atoms with Crippen LogP contribution in [0.1, 0.15) is 24.4 Å². The summed E-state index contributed by atoms with van der Waals surface area (Å²) in [6.45, 7) is 1.12. The highest BCUT2D eigenvalue weighted by Crippen LogP contribution is 2.32. The van der Waals surface area contributed by atoms with Gasteiger partial charge in [0.2, 0.25) is 0 Å². The van der Waals surface area contributed by atoms with Crippen molar-refractivity contribution in [2.24, 2.45) is 0 Å². The number of nitrogens with one attached hydrogen (secondary N) is 1. The SMILES string of the molecule is COc1ccc(Br)c([C@@H]2CCCN2)c1.Cl. The minimum Gasteiger partial charge on any atom is -0.497 e. The number of methoxy groups -OCH3 is 1. The smallest absolute Gasteiger partial charge is 0.119 e. The standard InChI is InChI=1S/C11H14BrNO.ClH/c1-14-8-4-5-10(12)9(7-8)11-3-2-6-13-11;/h4-5,7,11,13H,2-3,6H2,1H3;1H/t11-;/m0./s1. The van der Waals surface area contributed by atoms with Gasteiger partial charge in [0.05, 0.1) is 7.11 Å². The third-order valence-electron chi connectivity index (χ3n) is 2.64. The number of hydrogen-bond donors (Lipinski definition) is 1. The van der Waals surface area contributed by atoms with Crippen LogP contribution in [0.25, 0.3) is 0 Å². The number of rotatable bonds is 2. The van der Waals surface area contributed by atoms with Gasteiger partial charge in [0.25, 0.3) is 0 Å². The van der Waals surface area contributed by atoms with Gasteiger partial charge in [0.1, 0.15) is 5.75 Å². The van der Waals surface area contributed by atoms with Crippen LogP contribution in [0.2, 0.25) is 0 Å². The Labute approximate surface area is 105 Å². The third kappa shape index (κ3) is 2.86. The average molecular weight is 293 g/mol. The summed E-state index contributed by atoms with van der Waals surface area (Å²) in [5.74, 6) is 0.928. The first-order valence-corrected chi connectivity index (χ1v) is 5.67. The molecular weight excluding hydrogens is 277 g/mol. The maximum Gasteiger partial charge on any atom is 0.119 e. The fourth-order valence-corrected chi connectivity index (χ4v) is 2.39. The van der Waals surface area contributed by atoms with Crippen LogP contribution in [0.4, 0.5) is 0 Å². The highest BCUT2D eigenvalue weighted by atomic mass is 79.9. The Hall–Kier alpha value is -0.250. The molecule has 1 atom stereocenters. The van der Waals surface area contributed by atoms with Crippen LogP contribution in [0.15, 0.2) is 22.7 Å². The third-order valence-corrected chi connectivity index (χ3v) is 3.36. The van der Waals surface area contributed by atoms with Gasteiger partial charge < -0.3 is 10.1 Å². The molecule has 0 saturated carbocycles. The van der Waals surface area contributed by atoms with E-state index in [2.05, 4.69) is 27.3 Å². The largest absolute Gasteiger partial charge is 0.497 e. The monoisotopic (exact) mass is 291 g/mol. The number of hydrogen-bond acceptors (Lipinski definition) is 2.